The number of methoxy groups -OCH3 is 1. The standard InChI is InChI=1S/C13H19FN2O2/c1-13(2,8-16-12(17)7-15)10-6-9(14)4-5-11(10)18-3/h4-6H,7-8,15H2,1-3H3,(H,16,17). The van der Waals surface area contributed by atoms with Crippen LogP contribution in [0, 0.1) is 5.82 Å². The van der Waals surface area contributed by atoms with E-state index >= 15 is 0 Å². The molecule has 0 radical (unpaired) electrons. The van der Waals surface area contributed by atoms with E-state index in [1.807, 2.05) is 13.8 Å². The van der Waals surface area contributed by atoms with Gasteiger partial charge in [0.05, 0.1) is 13.7 Å². The van der Waals surface area contributed by atoms with Crippen molar-refractivity contribution in [3.8, 4) is 5.75 Å². The first-order valence-electron chi connectivity index (χ1n) is 5.71. The van der Waals surface area contributed by atoms with E-state index in [2.05, 4.69) is 5.32 Å². The summed E-state index contributed by atoms with van der Waals surface area (Å²) in [7, 11) is 1.53. The Labute approximate surface area is 106 Å². The Morgan fingerprint density at radius 3 is 2.72 bits per heavy atom. The molecule has 100 valence electrons. The Morgan fingerprint density at radius 2 is 2.17 bits per heavy atom. The molecule has 1 rings (SSSR count). The van der Waals surface area contributed by atoms with Gasteiger partial charge in [-0.3, -0.25) is 4.79 Å². The fraction of sp³-hybridized carbons (Fsp3) is 0.462. The third-order valence-corrected chi connectivity index (χ3v) is 2.80. The highest BCUT2D eigenvalue weighted by molar-refractivity contribution is 5.77. The zero-order valence-electron chi connectivity index (χ0n) is 10.9. The number of hydrogen-bond donors (Lipinski definition) is 2. The number of rotatable bonds is 5. The van der Waals surface area contributed by atoms with Crippen LogP contribution >= 0.6 is 0 Å². The molecule has 5 heteroatoms. The van der Waals surface area contributed by atoms with Crippen LogP contribution in [0.2, 0.25) is 0 Å². The Balaban J connectivity index is 2.95. The number of amides is 1. The number of nitrogens with one attached hydrogen (secondary N) is 1. The van der Waals surface area contributed by atoms with Crippen LogP contribution in [-0.2, 0) is 10.2 Å². The molecular formula is C13H19FN2O2. The van der Waals surface area contributed by atoms with Gasteiger partial charge in [-0.25, -0.2) is 4.39 Å². The maximum absolute atomic E-state index is 13.3. The van der Waals surface area contributed by atoms with E-state index in [9.17, 15) is 9.18 Å². The molecular weight excluding hydrogens is 235 g/mol. The van der Waals surface area contributed by atoms with Crippen LogP contribution in [0.3, 0.4) is 0 Å². The first-order chi connectivity index (χ1) is 8.40. The molecule has 3 N–H and O–H groups in total. The fourth-order valence-corrected chi connectivity index (χ4v) is 1.70. The number of halogens is 1. The third-order valence-electron chi connectivity index (χ3n) is 2.80. The van der Waals surface area contributed by atoms with E-state index < -0.39 is 5.41 Å². The van der Waals surface area contributed by atoms with Crippen molar-refractivity contribution in [2.75, 3.05) is 20.2 Å². The smallest absolute Gasteiger partial charge is 0.233 e. The van der Waals surface area contributed by atoms with Crippen LogP contribution in [0.1, 0.15) is 19.4 Å². The van der Waals surface area contributed by atoms with Crippen LogP contribution in [-0.4, -0.2) is 26.1 Å². The van der Waals surface area contributed by atoms with Crippen LogP contribution in [0.4, 0.5) is 4.39 Å². The summed E-state index contributed by atoms with van der Waals surface area (Å²) in [6.45, 7) is 4.11. The predicted octanol–water partition coefficient (Wildman–Crippen LogP) is 1.19. The van der Waals surface area contributed by atoms with Crippen molar-refractivity contribution in [1.82, 2.24) is 5.32 Å². The number of benzene rings is 1. The van der Waals surface area contributed by atoms with Gasteiger partial charge >= 0.3 is 0 Å². The minimum Gasteiger partial charge on any atom is -0.496 e. The van der Waals surface area contributed by atoms with Crippen molar-refractivity contribution in [3.63, 3.8) is 0 Å². The molecule has 1 aromatic rings. The Bertz CT molecular complexity index is 433. The minimum absolute atomic E-state index is 0.0592. The number of nitrogens with two attached hydrogens (primary N) is 1. The highest BCUT2D eigenvalue weighted by Crippen LogP contribution is 2.31. The molecule has 4 nitrogen and oxygen atoms in total. The average Bonchev–Trinajstić information content (AvgIpc) is 2.36. The summed E-state index contributed by atoms with van der Waals surface area (Å²) in [4.78, 5) is 11.2. The highest BCUT2D eigenvalue weighted by atomic mass is 19.1. The first-order valence-corrected chi connectivity index (χ1v) is 5.71. The van der Waals surface area contributed by atoms with Crippen molar-refractivity contribution < 1.29 is 13.9 Å². The van der Waals surface area contributed by atoms with E-state index in [1.54, 1.807) is 6.07 Å². The monoisotopic (exact) mass is 254 g/mol. The maximum atomic E-state index is 13.3. The lowest BCUT2D eigenvalue weighted by Crippen LogP contribution is -2.39. The maximum Gasteiger partial charge on any atom is 0.233 e. The summed E-state index contributed by atoms with van der Waals surface area (Å²) in [5.41, 5.74) is 5.49. The average molecular weight is 254 g/mol. The topological polar surface area (TPSA) is 64.3 Å². The third kappa shape index (κ3) is 3.43. The van der Waals surface area contributed by atoms with E-state index in [0.717, 1.165) is 0 Å². The zero-order chi connectivity index (χ0) is 13.8. The molecule has 0 bridgehead atoms. The van der Waals surface area contributed by atoms with Crippen molar-refractivity contribution in [3.05, 3.63) is 29.6 Å². The molecule has 0 fully saturated rings. The molecule has 0 saturated heterocycles. The summed E-state index contributed by atoms with van der Waals surface area (Å²) >= 11 is 0. The molecule has 0 saturated carbocycles. The van der Waals surface area contributed by atoms with Gasteiger partial charge in [-0.1, -0.05) is 13.8 Å². The number of carbonyl (C=O) groups excluding carboxylic acids is 1. The van der Waals surface area contributed by atoms with Crippen LogP contribution in [0.5, 0.6) is 5.75 Å². The molecule has 0 spiro atoms. The Morgan fingerprint density at radius 1 is 1.50 bits per heavy atom. The molecule has 0 unspecified atom stereocenters. The second kappa shape index (κ2) is 5.82. The number of hydrogen-bond acceptors (Lipinski definition) is 3. The zero-order valence-corrected chi connectivity index (χ0v) is 10.9. The van der Waals surface area contributed by atoms with E-state index in [0.29, 0.717) is 17.9 Å². The molecule has 0 aliphatic heterocycles. The Hall–Kier alpha value is -1.62. The molecule has 0 heterocycles. The summed E-state index contributed by atoms with van der Waals surface area (Å²) in [6.07, 6.45) is 0. The lowest BCUT2D eigenvalue weighted by atomic mass is 9.83. The minimum atomic E-state index is -0.446. The highest BCUT2D eigenvalue weighted by Gasteiger charge is 2.25. The lowest BCUT2D eigenvalue weighted by Gasteiger charge is -2.27. The van der Waals surface area contributed by atoms with Crippen LogP contribution in [0.15, 0.2) is 18.2 Å². The molecule has 0 aromatic heterocycles. The SMILES string of the molecule is COc1ccc(F)cc1C(C)(C)CNC(=O)CN. The van der Waals surface area contributed by atoms with Crippen molar-refractivity contribution >= 4 is 5.91 Å². The molecule has 1 aromatic carbocycles. The molecule has 0 atom stereocenters. The van der Waals surface area contributed by atoms with Gasteiger partial charge in [0.2, 0.25) is 5.91 Å². The van der Waals surface area contributed by atoms with Crippen molar-refractivity contribution in [1.29, 1.82) is 0 Å². The second-order valence-electron chi connectivity index (χ2n) is 4.71. The van der Waals surface area contributed by atoms with Gasteiger partial charge in [-0.15, -0.1) is 0 Å². The van der Waals surface area contributed by atoms with Crippen LogP contribution < -0.4 is 15.8 Å². The largest absolute Gasteiger partial charge is 0.496 e. The number of ether oxygens (including phenoxy) is 1. The predicted molar refractivity (Wildman–Crippen MR) is 68.0 cm³/mol. The van der Waals surface area contributed by atoms with Crippen molar-refractivity contribution in [2.24, 2.45) is 5.73 Å². The fourth-order valence-electron chi connectivity index (χ4n) is 1.70. The van der Waals surface area contributed by atoms with Gasteiger partial charge in [0.15, 0.2) is 0 Å². The molecule has 0 aliphatic carbocycles. The van der Waals surface area contributed by atoms with E-state index in [-0.39, 0.29) is 18.3 Å². The quantitative estimate of drug-likeness (QED) is 0.829. The molecule has 18 heavy (non-hydrogen) atoms. The summed E-state index contributed by atoms with van der Waals surface area (Å²) in [5.74, 6) is 0.0332. The summed E-state index contributed by atoms with van der Waals surface area (Å²) in [5, 5.41) is 2.70. The van der Waals surface area contributed by atoms with Crippen LogP contribution in [0.25, 0.3) is 0 Å². The summed E-state index contributed by atoms with van der Waals surface area (Å²) < 4.78 is 18.5. The van der Waals surface area contributed by atoms with Gasteiger partial charge in [0, 0.05) is 17.5 Å². The molecule has 1 amide bonds. The van der Waals surface area contributed by atoms with Gasteiger partial charge < -0.3 is 15.8 Å². The van der Waals surface area contributed by atoms with Gasteiger partial charge in [0.25, 0.3) is 0 Å². The second-order valence-corrected chi connectivity index (χ2v) is 4.71. The molecule has 0 aliphatic rings. The van der Waals surface area contributed by atoms with Gasteiger partial charge in [-0.05, 0) is 18.2 Å². The Kier molecular flexibility index (Phi) is 4.67. The first kappa shape index (κ1) is 14.4. The van der Waals surface area contributed by atoms with Gasteiger partial charge in [0.1, 0.15) is 11.6 Å². The van der Waals surface area contributed by atoms with Gasteiger partial charge in [-0.2, -0.15) is 0 Å². The number of carbonyl (C=O) groups is 1. The van der Waals surface area contributed by atoms with Crippen molar-refractivity contribution in [2.45, 2.75) is 19.3 Å². The van der Waals surface area contributed by atoms with E-state index in [1.165, 1.54) is 19.2 Å². The normalized spacial score (nSPS) is 11.2. The van der Waals surface area contributed by atoms with E-state index in [4.69, 9.17) is 10.5 Å². The summed E-state index contributed by atoms with van der Waals surface area (Å²) in [6, 6.07) is 4.35. The lowest BCUT2D eigenvalue weighted by molar-refractivity contribution is -0.119.